The van der Waals surface area contributed by atoms with Crippen LogP contribution in [0.5, 0.6) is 0 Å². The lowest BCUT2D eigenvalue weighted by Gasteiger charge is -2.34. The fraction of sp³-hybridized carbons (Fsp3) is 0.483. The van der Waals surface area contributed by atoms with Crippen molar-refractivity contribution in [1.29, 1.82) is 0 Å². The van der Waals surface area contributed by atoms with Gasteiger partial charge in [-0.3, -0.25) is 19.4 Å². The first-order chi connectivity index (χ1) is 19.2. The van der Waals surface area contributed by atoms with Gasteiger partial charge in [0.1, 0.15) is 0 Å². The number of hydrazine groups is 1. The summed E-state index contributed by atoms with van der Waals surface area (Å²) in [7, 11) is 1.73. The molecule has 216 valence electrons. The van der Waals surface area contributed by atoms with E-state index in [0.717, 1.165) is 17.0 Å². The zero-order valence-corrected chi connectivity index (χ0v) is 23.4. The van der Waals surface area contributed by atoms with E-state index in [1.807, 2.05) is 30.1 Å². The Morgan fingerprint density at radius 3 is 2.38 bits per heavy atom. The molecule has 4 rings (SSSR count). The number of nitrogens with zero attached hydrogens (tertiary/aromatic N) is 4. The van der Waals surface area contributed by atoms with Gasteiger partial charge < -0.3 is 20.4 Å². The van der Waals surface area contributed by atoms with Gasteiger partial charge in [-0.2, -0.15) is 0 Å². The zero-order chi connectivity index (χ0) is 28.8. The smallest absolute Gasteiger partial charge is 0.256 e. The van der Waals surface area contributed by atoms with Crippen molar-refractivity contribution in [3.05, 3.63) is 58.7 Å². The molecule has 0 spiro atoms. The van der Waals surface area contributed by atoms with Crippen LogP contribution < -0.4 is 20.4 Å². The van der Waals surface area contributed by atoms with Crippen LogP contribution in [0.25, 0.3) is 0 Å². The third-order valence-corrected chi connectivity index (χ3v) is 7.40. The third-order valence-electron chi connectivity index (χ3n) is 7.40. The molecule has 2 N–H and O–H groups in total. The third kappa shape index (κ3) is 6.95. The van der Waals surface area contributed by atoms with Gasteiger partial charge in [-0.1, -0.05) is 31.2 Å². The predicted octanol–water partition coefficient (Wildman–Crippen LogP) is 2.46. The van der Waals surface area contributed by atoms with Crippen molar-refractivity contribution in [2.24, 2.45) is 0 Å². The molecule has 0 aromatic heterocycles. The summed E-state index contributed by atoms with van der Waals surface area (Å²) in [5, 5.41) is 9.62. The highest BCUT2D eigenvalue weighted by Crippen LogP contribution is 2.35. The van der Waals surface area contributed by atoms with Crippen molar-refractivity contribution in [3.63, 3.8) is 0 Å². The van der Waals surface area contributed by atoms with Gasteiger partial charge in [0.2, 0.25) is 11.8 Å². The number of benzene rings is 2. The summed E-state index contributed by atoms with van der Waals surface area (Å²) >= 11 is 0. The Balaban J connectivity index is 1.56. The number of likely N-dealkylation sites (N-methyl/N-ethyl adjacent to an activating group) is 2. The number of amides is 3. The molecule has 3 amide bonds. The fourth-order valence-corrected chi connectivity index (χ4v) is 5.24. The van der Waals surface area contributed by atoms with E-state index in [9.17, 15) is 23.2 Å². The first-order valence-electron chi connectivity index (χ1n) is 13.7. The van der Waals surface area contributed by atoms with Crippen LogP contribution >= 0.6 is 0 Å². The normalized spacial score (nSPS) is 14.8. The molecule has 0 saturated heterocycles. The molecule has 0 radical (unpaired) electrons. The van der Waals surface area contributed by atoms with Gasteiger partial charge in [0.05, 0.1) is 19.6 Å². The maximum absolute atomic E-state index is 13.5. The van der Waals surface area contributed by atoms with E-state index in [4.69, 9.17) is 0 Å². The van der Waals surface area contributed by atoms with Crippen LogP contribution in [0.15, 0.2) is 36.4 Å². The molecular weight excluding hydrogens is 518 g/mol. The minimum Gasteiger partial charge on any atom is -0.353 e. The Morgan fingerprint density at radius 1 is 1.02 bits per heavy atom. The highest BCUT2D eigenvalue weighted by Gasteiger charge is 2.30. The Kier molecular flexibility index (Phi) is 9.70. The molecule has 11 heteroatoms. The molecule has 0 atom stereocenters. The standard InChI is InChI=1S/C29H38F2N6O3/c1-4-32-11-12-33-27(38)18-35(19-29(40)34(3)36-15-22-7-5-6-8-23(22)16-36)24-14-21-9-10-28(39)37(17-26(30)31)25(21)13-20(24)2/h5-8,13-14,26,32H,4,9-12,15-19H2,1-3H3,(H,33,38). The Morgan fingerprint density at radius 2 is 1.73 bits per heavy atom. The number of nitrogens with one attached hydrogen (secondary N) is 2. The summed E-state index contributed by atoms with van der Waals surface area (Å²) in [4.78, 5) is 41.7. The first-order valence-corrected chi connectivity index (χ1v) is 13.7. The lowest BCUT2D eigenvalue weighted by Crippen LogP contribution is -2.48. The fourth-order valence-electron chi connectivity index (χ4n) is 5.24. The van der Waals surface area contributed by atoms with E-state index in [1.165, 1.54) is 11.1 Å². The molecule has 2 aliphatic rings. The van der Waals surface area contributed by atoms with E-state index in [1.54, 1.807) is 29.9 Å². The van der Waals surface area contributed by atoms with Crippen LogP contribution in [0.1, 0.15) is 35.6 Å². The van der Waals surface area contributed by atoms with Crippen molar-refractivity contribution < 1.29 is 23.2 Å². The summed E-state index contributed by atoms with van der Waals surface area (Å²) in [6, 6.07) is 11.6. The molecule has 2 heterocycles. The van der Waals surface area contributed by atoms with E-state index in [0.29, 0.717) is 49.5 Å². The van der Waals surface area contributed by atoms with Crippen molar-refractivity contribution >= 4 is 29.1 Å². The zero-order valence-electron chi connectivity index (χ0n) is 23.4. The van der Waals surface area contributed by atoms with Crippen molar-refractivity contribution in [3.8, 4) is 0 Å². The summed E-state index contributed by atoms with van der Waals surface area (Å²) < 4.78 is 26.5. The molecule has 2 aromatic rings. The molecular formula is C29H38F2N6O3. The van der Waals surface area contributed by atoms with E-state index >= 15 is 0 Å². The largest absolute Gasteiger partial charge is 0.353 e. The van der Waals surface area contributed by atoms with Crippen LogP contribution in [-0.2, 0) is 33.9 Å². The quantitative estimate of drug-likeness (QED) is 0.391. The summed E-state index contributed by atoms with van der Waals surface area (Å²) in [5.41, 5.74) is 4.91. The number of anilines is 2. The summed E-state index contributed by atoms with van der Waals surface area (Å²) in [6.45, 7) is 6.14. The maximum atomic E-state index is 13.5. The molecule has 40 heavy (non-hydrogen) atoms. The van der Waals surface area contributed by atoms with Gasteiger partial charge in [0, 0.05) is 51.0 Å². The highest BCUT2D eigenvalue weighted by atomic mass is 19.3. The average molecular weight is 557 g/mol. The van der Waals surface area contributed by atoms with Gasteiger partial charge in [-0.25, -0.2) is 13.8 Å². The van der Waals surface area contributed by atoms with E-state index in [2.05, 4.69) is 22.8 Å². The van der Waals surface area contributed by atoms with Crippen molar-refractivity contribution in [2.45, 2.75) is 46.2 Å². The minimum absolute atomic E-state index is 0.0504. The second-order valence-corrected chi connectivity index (χ2v) is 10.2. The van der Waals surface area contributed by atoms with Crippen LogP contribution in [0.2, 0.25) is 0 Å². The van der Waals surface area contributed by atoms with E-state index < -0.39 is 13.0 Å². The Hall–Kier alpha value is -3.57. The number of hydrogen-bond acceptors (Lipinski definition) is 6. The monoisotopic (exact) mass is 556 g/mol. The topological polar surface area (TPSA) is 88.2 Å². The number of hydrogen-bond donors (Lipinski definition) is 2. The number of alkyl halides is 2. The van der Waals surface area contributed by atoms with Crippen molar-refractivity contribution in [1.82, 2.24) is 20.7 Å². The van der Waals surface area contributed by atoms with Gasteiger partial charge >= 0.3 is 0 Å². The van der Waals surface area contributed by atoms with Gasteiger partial charge in [-0.05, 0) is 54.3 Å². The van der Waals surface area contributed by atoms with Gasteiger partial charge in [-0.15, -0.1) is 0 Å². The molecule has 0 bridgehead atoms. The molecule has 0 aliphatic carbocycles. The molecule has 0 fully saturated rings. The number of carbonyl (C=O) groups is 3. The van der Waals surface area contributed by atoms with Crippen LogP contribution in [0, 0.1) is 6.92 Å². The maximum Gasteiger partial charge on any atom is 0.256 e. The summed E-state index contributed by atoms with van der Waals surface area (Å²) in [5.74, 6) is -0.742. The minimum atomic E-state index is -2.65. The summed E-state index contributed by atoms with van der Waals surface area (Å²) in [6.07, 6.45) is -2.11. The number of carbonyl (C=O) groups excluding carboxylic acids is 3. The first kappa shape index (κ1) is 29.4. The number of halogens is 2. The SMILES string of the molecule is CCNCCNC(=O)CN(CC(=O)N(C)N1Cc2ccccc2C1)c1cc2c(cc1C)N(CC(F)F)C(=O)CC2. The van der Waals surface area contributed by atoms with Crippen LogP contribution in [0.3, 0.4) is 0 Å². The molecule has 9 nitrogen and oxygen atoms in total. The van der Waals surface area contributed by atoms with Gasteiger partial charge in [0.25, 0.3) is 12.3 Å². The Labute approximate surface area is 234 Å². The lowest BCUT2D eigenvalue weighted by atomic mass is 9.97. The molecule has 2 aromatic carbocycles. The highest BCUT2D eigenvalue weighted by molar-refractivity contribution is 5.97. The molecule has 0 saturated carbocycles. The molecule has 0 unspecified atom stereocenters. The number of rotatable bonds is 12. The second-order valence-electron chi connectivity index (χ2n) is 10.2. The van der Waals surface area contributed by atoms with Gasteiger partial charge in [0.15, 0.2) is 0 Å². The van der Waals surface area contributed by atoms with E-state index in [-0.39, 0.29) is 37.2 Å². The number of fused-ring (bicyclic) bond motifs is 2. The second kappa shape index (κ2) is 13.2. The van der Waals surface area contributed by atoms with Crippen LogP contribution in [0.4, 0.5) is 20.2 Å². The number of aryl methyl sites for hydroxylation is 2. The van der Waals surface area contributed by atoms with Crippen LogP contribution in [-0.4, -0.2) is 80.5 Å². The molecule has 2 aliphatic heterocycles. The predicted molar refractivity (Wildman–Crippen MR) is 150 cm³/mol. The lowest BCUT2D eigenvalue weighted by molar-refractivity contribution is -0.145. The van der Waals surface area contributed by atoms with Crippen molar-refractivity contribution in [2.75, 3.05) is 56.1 Å². The average Bonchev–Trinajstić information content (AvgIpc) is 3.36. The Bertz CT molecular complexity index is 1220.